The highest BCUT2D eigenvalue weighted by molar-refractivity contribution is 5.95. The second-order valence-corrected chi connectivity index (χ2v) is 7.29. The van der Waals surface area contributed by atoms with Crippen molar-refractivity contribution in [2.75, 3.05) is 21.0 Å². The molecule has 25 heavy (non-hydrogen) atoms. The Labute approximate surface area is 148 Å². The van der Waals surface area contributed by atoms with E-state index < -0.39 is 11.5 Å². The van der Waals surface area contributed by atoms with Crippen LogP contribution in [0.4, 0.5) is 0 Å². The number of rotatable bonds is 7. The maximum Gasteiger partial charge on any atom is 0.172 e. The molecule has 2 bridgehead atoms. The third-order valence-corrected chi connectivity index (χ3v) is 5.97. The summed E-state index contributed by atoms with van der Waals surface area (Å²) in [6.45, 7) is 4.44. The van der Waals surface area contributed by atoms with E-state index in [4.69, 9.17) is 18.9 Å². The van der Waals surface area contributed by atoms with E-state index in [2.05, 4.69) is 13.8 Å². The molecule has 0 aromatic heterocycles. The number of benzene rings is 1. The van der Waals surface area contributed by atoms with Crippen LogP contribution in [-0.4, -0.2) is 32.9 Å². The lowest BCUT2D eigenvalue weighted by atomic mass is 9.69. The molecule has 2 fully saturated rings. The smallest absolute Gasteiger partial charge is 0.172 e. The molecule has 3 unspecified atom stereocenters. The number of ether oxygens (including phenoxy) is 4. The average molecular weight is 346 g/mol. The Kier molecular flexibility index (Phi) is 4.89. The number of hydrogen-bond donors (Lipinski definition) is 0. The van der Waals surface area contributed by atoms with Crippen LogP contribution in [-0.2, 0) is 14.3 Å². The number of methoxy groups -OCH3 is 2. The van der Waals surface area contributed by atoms with Crippen LogP contribution in [0, 0.1) is 16.7 Å². The van der Waals surface area contributed by atoms with Gasteiger partial charge in [-0.25, -0.2) is 0 Å². The number of Topliss-reactive ketones (excluding diaryl/α,β-unsaturated/α-hetero) is 1. The van der Waals surface area contributed by atoms with Crippen molar-refractivity contribution in [3.8, 4) is 11.5 Å². The first-order valence-corrected chi connectivity index (χ1v) is 8.59. The van der Waals surface area contributed by atoms with Crippen LogP contribution in [0.5, 0.6) is 11.5 Å². The molecule has 0 saturated heterocycles. The van der Waals surface area contributed by atoms with Gasteiger partial charge in [-0.15, -0.1) is 0 Å². The second kappa shape index (κ2) is 6.81. The Morgan fingerprint density at radius 1 is 1.16 bits per heavy atom. The Hall–Kier alpha value is -1.85. The molecule has 2 saturated carbocycles. The van der Waals surface area contributed by atoms with Gasteiger partial charge in [0.25, 0.3) is 0 Å². The molecule has 2 aliphatic carbocycles. The SMILES string of the molecule is COCOC1C(=O)C2(/C=C/Oc3ccc(OC)cc3)CCC1C2(C)C. The molecule has 0 spiro atoms. The molecule has 0 radical (unpaired) electrons. The summed E-state index contributed by atoms with van der Waals surface area (Å²) in [4.78, 5) is 13.0. The summed E-state index contributed by atoms with van der Waals surface area (Å²) in [6.07, 6.45) is 4.98. The van der Waals surface area contributed by atoms with E-state index in [0.29, 0.717) is 5.75 Å². The second-order valence-electron chi connectivity index (χ2n) is 7.29. The monoisotopic (exact) mass is 346 g/mol. The maximum atomic E-state index is 13.0. The number of fused-ring (bicyclic) bond motifs is 2. The number of carbonyl (C=O) groups excluding carboxylic acids is 1. The van der Waals surface area contributed by atoms with E-state index >= 15 is 0 Å². The largest absolute Gasteiger partial charge is 0.497 e. The van der Waals surface area contributed by atoms with E-state index in [1.165, 1.54) is 0 Å². The topological polar surface area (TPSA) is 54.0 Å². The standard InChI is InChI=1S/C20H26O5/c1-19(2)16-9-10-20(19,18(21)17(16)25-13-22-3)11-12-24-15-7-5-14(23-4)6-8-15/h5-8,11-12,16-17H,9-10,13H2,1-4H3/b12-11+. The number of allylic oxidation sites excluding steroid dienone is 1. The Morgan fingerprint density at radius 3 is 2.48 bits per heavy atom. The highest BCUT2D eigenvalue weighted by Crippen LogP contribution is 2.65. The third-order valence-electron chi connectivity index (χ3n) is 5.97. The van der Waals surface area contributed by atoms with E-state index in [-0.39, 0.29) is 23.9 Å². The van der Waals surface area contributed by atoms with Gasteiger partial charge in [0.05, 0.1) is 18.8 Å². The van der Waals surface area contributed by atoms with Gasteiger partial charge >= 0.3 is 0 Å². The number of hydrogen-bond acceptors (Lipinski definition) is 5. The summed E-state index contributed by atoms with van der Waals surface area (Å²) in [5.74, 6) is 1.83. The van der Waals surface area contributed by atoms with E-state index in [9.17, 15) is 4.79 Å². The zero-order valence-corrected chi connectivity index (χ0v) is 15.3. The lowest BCUT2D eigenvalue weighted by Gasteiger charge is -2.32. The lowest BCUT2D eigenvalue weighted by molar-refractivity contribution is -0.146. The van der Waals surface area contributed by atoms with Crippen LogP contribution in [0.1, 0.15) is 26.7 Å². The highest BCUT2D eigenvalue weighted by Gasteiger charge is 2.68. The zero-order chi connectivity index (χ0) is 18.1. The van der Waals surface area contributed by atoms with Crippen molar-refractivity contribution < 1.29 is 23.7 Å². The normalized spacial score (nSPS) is 30.2. The van der Waals surface area contributed by atoms with Crippen LogP contribution < -0.4 is 9.47 Å². The number of carbonyl (C=O) groups is 1. The average Bonchev–Trinajstić information content (AvgIpc) is 2.95. The summed E-state index contributed by atoms with van der Waals surface area (Å²) in [5.41, 5.74) is -0.704. The first-order valence-electron chi connectivity index (χ1n) is 8.59. The summed E-state index contributed by atoms with van der Waals surface area (Å²) < 4.78 is 21.5. The minimum Gasteiger partial charge on any atom is -0.497 e. The van der Waals surface area contributed by atoms with Crippen LogP contribution in [0.3, 0.4) is 0 Å². The molecular formula is C20H26O5. The Bertz CT molecular complexity index is 649. The Morgan fingerprint density at radius 2 is 1.84 bits per heavy atom. The first-order chi connectivity index (χ1) is 12.0. The van der Waals surface area contributed by atoms with Gasteiger partial charge in [0.1, 0.15) is 24.4 Å². The Balaban J connectivity index is 1.76. The van der Waals surface area contributed by atoms with Gasteiger partial charge in [-0.3, -0.25) is 4.79 Å². The van der Waals surface area contributed by atoms with Gasteiger partial charge < -0.3 is 18.9 Å². The molecule has 5 nitrogen and oxygen atoms in total. The highest BCUT2D eigenvalue weighted by atomic mass is 16.7. The van der Waals surface area contributed by atoms with Gasteiger partial charge in [0.15, 0.2) is 5.78 Å². The summed E-state index contributed by atoms with van der Waals surface area (Å²) in [5, 5.41) is 0. The van der Waals surface area contributed by atoms with Crippen molar-refractivity contribution in [1.29, 1.82) is 0 Å². The van der Waals surface area contributed by atoms with Crippen molar-refractivity contribution in [3.63, 3.8) is 0 Å². The van der Waals surface area contributed by atoms with Gasteiger partial charge in [-0.05, 0) is 54.5 Å². The molecule has 136 valence electrons. The molecule has 0 N–H and O–H groups in total. The number of ketones is 1. The van der Waals surface area contributed by atoms with Gasteiger partial charge in [0.2, 0.25) is 0 Å². The summed E-state index contributed by atoms with van der Waals surface area (Å²) in [7, 11) is 3.20. The molecule has 1 aromatic rings. The minimum atomic E-state index is -0.539. The summed E-state index contributed by atoms with van der Waals surface area (Å²) in [6, 6.07) is 7.35. The third kappa shape index (κ3) is 2.85. The van der Waals surface area contributed by atoms with E-state index in [0.717, 1.165) is 18.6 Å². The minimum absolute atomic E-state index is 0.139. The van der Waals surface area contributed by atoms with Crippen molar-refractivity contribution in [2.24, 2.45) is 16.7 Å². The van der Waals surface area contributed by atoms with E-state index in [1.807, 2.05) is 30.3 Å². The molecular weight excluding hydrogens is 320 g/mol. The first kappa shape index (κ1) is 18.0. The summed E-state index contributed by atoms with van der Waals surface area (Å²) >= 11 is 0. The molecule has 0 amide bonds. The molecule has 5 heteroatoms. The van der Waals surface area contributed by atoms with Crippen molar-refractivity contribution in [1.82, 2.24) is 0 Å². The van der Waals surface area contributed by atoms with Crippen LogP contribution in [0.25, 0.3) is 0 Å². The maximum absolute atomic E-state index is 13.0. The predicted octanol–water partition coefficient (Wildman–Crippen LogP) is 3.58. The van der Waals surface area contributed by atoms with Crippen molar-refractivity contribution >= 4 is 5.78 Å². The van der Waals surface area contributed by atoms with Crippen LogP contribution in [0.2, 0.25) is 0 Å². The van der Waals surface area contributed by atoms with Crippen LogP contribution in [0.15, 0.2) is 36.6 Å². The zero-order valence-electron chi connectivity index (χ0n) is 15.3. The fourth-order valence-electron chi connectivity index (χ4n) is 4.40. The van der Waals surface area contributed by atoms with Crippen LogP contribution >= 0.6 is 0 Å². The fourth-order valence-corrected chi connectivity index (χ4v) is 4.40. The molecule has 0 aliphatic heterocycles. The van der Waals surface area contributed by atoms with Gasteiger partial charge in [-0.1, -0.05) is 13.8 Å². The van der Waals surface area contributed by atoms with Crippen molar-refractivity contribution in [2.45, 2.75) is 32.8 Å². The molecule has 3 atom stereocenters. The fraction of sp³-hybridized carbons (Fsp3) is 0.550. The molecule has 0 heterocycles. The lowest BCUT2D eigenvalue weighted by Crippen LogP contribution is -2.37. The molecule has 3 rings (SSSR count). The van der Waals surface area contributed by atoms with Gasteiger partial charge in [-0.2, -0.15) is 0 Å². The molecule has 1 aromatic carbocycles. The van der Waals surface area contributed by atoms with E-state index in [1.54, 1.807) is 20.5 Å². The predicted molar refractivity (Wildman–Crippen MR) is 93.5 cm³/mol. The van der Waals surface area contributed by atoms with Crippen molar-refractivity contribution in [3.05, 3.63) is 36.6 Å². The quantitative estimate of drug-likeness (QED) is 0.558. The van der Waals surface area contributed by atoms with Gasteiger partial charge in [0, 0.05) is 7.11 Å². The molecule has 2 aliphatic rings.